The van der Waals surface area contributed by atoms with E-state index >= 15 is 0 Å². The zero-order valence-electron chi connectivity index (χ0n) is 38.3. The second kappa shape index (κ2) is 50.3. The van der Waals surface area contributed by atoms with Gasteiger partial charge in [-0.1, -0.05) is 20.0 Å². The molecule has 0 spiro atoms. The van der Waals surface area contributed by atoms with Crippen molar-refractivity contribution in [1.82, 2.24) is 69.6 Å². The average Bonchev–Trinajstić information content (AvgIpc) is 3.61. The van der Waals surface area contributed by atoms with Crippen LogP contribution in [0.5, 0.6) is 0 Å². The van der Waals surface area contributed by atoms with E-state index in [-0.39, 0.29) is 209 Å². The third-order valence-corrected chi connectivity index (χ3v) is 8.81. The van der Waals surface area contributed by atoms with Crippen LogP contribution in [0, 0.1) is 95.4 Å². The number of aromatic nitrogens is 14. The van der Waals surface area contributed by atoms with Gasteiger partial charge >= 0.3 is 41.5 Å². The minimum absolute atomic E-state index is 0. The number of nitrogen functional groups attached to an aromatic ring is 5. The predicted molar refractivity (Wildman–Crippen MR) is 286 cm³/mol. The van der Waals surface area contributed by atoms with Crippen molar-refractivity contribution in [3.63, 3.8) is 0 Å². The molecule has 0 bridgehead atoms. The molecule has 0 saturated heterocycles. The van der Waals surface area contributed by atoms with Gasteiger partial charge in [-0.25, -0.2) is 9.59 Å². The molecule has 7 aromatic heterocycles. The van der Waals surface area contributed by atoms with E-state index in [2.05, 4.69) is 112 Å². The summed E-state index contributed by atoms with van der Waals surface area (Å²) in [5.41, 5.74) is 34.2. The first-order valence-electron chi connectivity index (χ1n) is 16.9. The molecule has 30 nitrogen and oxygen atoms in total. The summed E-state index contributed by atoms with van der Waals surface area (Å²) in [6.45, 7) is 1.73. The summed E-state index contributed by atoms with van der Waals surface area (Å²) in [4.78, 5) is 85.6. The maximum absolute atomic E-state index is 11.0. The number of hydrogen-bond donors (Lipinski definition) is 6. The maximum Gasteiger partial charge on any atom is 1.00 e. The number of esters is 2. The first-order valence-corrected chi connectivity index (χ1v) is 22.3. The molecular formula is C35H29I5N23NaO7W6-6. The van der Waals surface area contributed by atoms with Gasteiger partial charge in [0.1, 0.15) is 23.5 Å². The van der Waals surface area contributed by atoms with Gasteiger partial charge in [0.2, 0.25) is 0 Å². The Kier molecular flexibility index (Phi) is 60.0. The van der Waals surface area contributed by atoms with E-state index in [9.17, 15) is 14.4 Å². The molecule has 0 aliphatic carbocycles. The number of halogens is 5. The second-order valence-electron chi connectivity index (χ2n) is 10.8. The topological polar surface area (TPSA) is 498 Å². The number of hydrogen-bond acceptors (Lipinski definition) is 28. The predicted octanol–water partition coefficient (Wildman–Crippen LogP) is -0.919. The SMILES string of the molecule is C.COC(=O)c1nc(I)[c-]nc1N.COC(=O)c1nc[c-]nc1N.Cc1n[c-]c(I)nc1C#N.Cn1nc(N)c2nc(I)[c-]nc21.N#Cc1nc(I)[c-]nc1N.NC(=O)c1nc(I)[c-]nc1N.O=N[O-].[Na+].[W].[W].[W].[W].[W].[W]. The summed E-state index contributed by atoms with van der Waals surface area (Å²) >= 11 is 9.65. The Morgan fingerprint density at radius 3 is 1.42 bits per heavy atom. The fourth-order valence-electron chi connectivity index (χ4n) is 3.57. The molecule has 0 aliphatic heterocycles. The molecule has 404 valence electrons. The Hall–Kier alpha value is -1.48. The van der Waals surface area contributed by atoms with Gasteiger partial charge < -0.3 is 88.6 Å². The molecule has 7 aromatic rings. The quantitative estimate of drug-likeness (QED) is 0.0311. The van der Waals surface area contributed by atoms with E-state index < -0.39 is 17.8 Å². The van der Waals surface area contributed by atoms with Gasteiger partial charge in [-0.05, 0) is 125 Å². The Morgan fingerprint density at radius 1 is 0.623 bits per heavy atom. The summed E-state index contributed by atoms with van der Waals surface area (Å²) in [6, 6.07) is 3.75. The number of anilines is 5. The molecule has 0 saturated carbocycles. The first kappa shape index (κ1) is 92.0. The number of nitrogens with zero attached hydrogens (tertiary/aromatic N) is 17. The number of fused-ring (bicyclic) bond motifs is 1. The number of carbonyl (C=O) groups is 3. The molecule has 0 fully saturated rings. The smallest absolute Gasteiger partial charge is 0.465 e. The van der Waals surface area contributed by atoms with Gasteiger partial charge in [0.05, 0.1) is 36.8 Å². The molecule has 0 radical (unpaired) electrons. The number of rotatable bonds is 3. The van der Waals surface area contributed by atoms with E-state index in [0.717, 1.165) is 5.34 Å². The van der Waals surface area contributed by atoms with Gasteiger partial charge in [-0.2, -0.15) is 15.6 Å². The molecule has 0 aromatic carbocycles. The average molecular weight is 2640 g/mol. The van der Waals surface area contributed by atoms with Crippen molar-refractivity contribution in [1.29, 1.82) is 10.5 Å². The Balaban J connectivity index is -0.000000120. The summed E-state index contributed by atoms with van der Waals surface area (Å²) in [5.74, 6) is -1.26. The van der Waals surface area contributed by atoms with E-state index in [4.69, 9.17) is 55.0 Å². The fourth-order valence-corrected chi connectivity index (χ4v) is 5.38. The van der Waals surface area contributed by atoms with Crippen molar-refractivity contribution in [2.24, 2.45) is 18.1 Å². The van der Waals surface area contributed by atoms with Crippen molar-refractivity contribution in [2.75, 3.05) is 42.9 Å². The number of methoxy groups -OCH3 is 2. The number of nitrogens with two attached hydrogens (primary N) is 6. The molecule has 0 atom stereocenters. The Labute approximate surface area is 614 Å². The largest absolute Gasteiger partial charge is 1.00 e. The summed E-state index contributed by atoms with van der Waals surface area (Å²) in [6.07, 6.45) is 16.5. The molecule has 7 rings (SSSR count). The van der Waals surface area contributed by atoms with Crippen molar-refractivity contribution >= 4 is 171 Å². The number of primary amides is 1. The molecular weight excluding hydrogens is 2620 g/mol. The van der Waals surface area contributed by atoms with Crippen LogP contribution in [0.3, 0.4) is 0 Å². The first-order chi connectivity index (χ1) is 32.6. The van der Waals surface area contributed by atoms with Crippen LogP contribution < -0.4 is 64.0 Å². The molecule has 1 amide bonds. The normalized spacial score (nSPS) is 8.30. The standard InChI is InChI=1S/C6H5IN5.C6H5IN3O2.C6H3IN3.C6H6N3O2.C5H4IN4O.C5H2IN4.CH4.HNO2.Na.6W/c1-12-6-4(5(8)11-12)10-3(7)2-9-6;1-12-6(11)4-5(8)9-2-3(7)10-4;1-4-5(2-8)10-6(7)3-9-4;1-11-6(10)4-5(7)9-3-2-8-4;6-2-1-9-4(7)3(10-2)5(8)11;6-4-2-9-5(8)3(1-7)10-4;;2-1-3;;;;;;;/h1H3,(H2,8,11);1H3,(H2,8,9);1H3;2H,1H3,(H2,7,9);(H2,7,9)(H2,8,11);(H2,8,9);1H4;(H,2,3);;;;;;;/q6*-1;;;+1;;;;;;/p-1. The van der Waals surface area contributed by atoms with Gasteiger partial charge in [0.15, 0.2) is 5.82 Å². The molecule has 12 N–H and O–H groups in total. The van der Waals surface area contributed by atoms with Crippen LogP contribution >= 0.6 is 113 Å². The van der Waals surface area contributed by atoms with Gasteiger partial charge in [0.25, 0.3) is 5.91 Å². The van der Waals surface area contributed by atoms with E-state index in [1.54, 1.807) is 18.7 Å². The third-order valence-electron chi connectivity index (χ3n) is 6.40. The van der Waals surface area contributed by atoms with Crippen LogP contribution in [0.1, 0.15) is 56.0 Å². The number of nitriles is 2. The van der Waals surface area contributed by atoms with Gasteiger partial charge in [0, 0.05) is 175 Å². The fraction of sp³-hybridized carbons (Fsp3) is 0.143. The third kappa shape index (κ3) is 34.5. The van der Waals surface area contributed by atoms with Gasteiger partial charge in [-0.15, -0.1) is 42.5 Å². The number of aryl methyl sites for hydroxylation is 2. The monoisotopic (exact) mass is 2640 g/mol. The number of amides is 1. The second-order valence-corrected chi connectivity index (χ2v) is 15.9. The van der Waals surface area contributed by atoms with Crippen molar-refractivity contribution in [3.05, 3.63) is 106 Å². The van der Waals surface area contributed by atoms with Crippen LogP contribution in [0.4, 0.5) is 29.1 Å². The van der Waals surface area contributed by atoms with Crippen molar-refractivity contribution in [3.8, 4) is 12.1 Å². The molecule has 42 heteroatoms. The van der Waals surface area contributed by atoms with E-state index in [1.807, 2.05) is 125 Å². The summed E-state index contributed by atoms with van der Waals surface area (Å²) < 4.78 is 13.2. The number of ether oxygens (including phenoxy) is 2. The molecule has 7 heterocycles. The van der Waals surface area contributed by atoms with Crippen molar-refractivity contribution in [2.45, 2.75) is 14.4 Å². The Morgan fingerprint density at radius 2 is 1.00 bits per heavy atom. The summed E-state index contributed by atoms with van der Waals surface area (Å²) in [7, 11) is 4.28. The minimum Gasteiger partial charge on any atom is -0.465 e. The molecule has 0 unspecified atom stereocenters. The van der Waals surface area contributed by atoms with E-state index in [0.29, 0.717) is 46.9 Å². The summed E-state index contributed by atoms with van der Waals surface area (Å²) in [5, 5.41) is 29.8. The molecule has 0 aliphatic rings. The zero-order valence-corrected chi connectivity index (χ0v) is 68.7. The van der Waals surface area contributed by atoms with Crippen LogP contribution in [0.2, 0.25) is 0 Å². The van der Waals surface area contributed by atoms with Crippen LogP contribution in [0.15, 0.2) is 11.5 Å². The van der Waals surface area contributed by atoms with Crippen LogP contribution in [0.25, 0.3) is 11.2 Å². The number of carbonyl (C=O) groups excluding carboxylic acids is 3. The zero-order chi connectivity index (χ0) is 52.4. The van der Waals surface area contributed by atoms with E-state index in [1.165, 1.54) is 20.4 Å². The Bertz CT molecular complexity index is 2950. The van der Waals surface area contributed by atoms with Crippen LogP contribution in [-0.4, -0.2) is 102 Å². The van der Waals surface area contributed by atoms with Crippen LogP contribution in [-0.2, 0) is 143 Å². The maximum atomic E-state index is 11.0. The van der Waals surface area contributed by atoms with Crippen molar-refractivity contribution < 1.29 is 180 Å². The van der Waals surface area contributed by atoms with Gasteiger partial charge in [-0.3, -0.25) is 34.7 Å². The molecule has 77 heavy (non-hydrogen) atoms. The minimum atomic E-state index is -0.679.